The van der Waals surface area contributed by atoms with Crippen molar-refractivity contribution in [3.05, 3.63) is 53.7 Å². The van der Waals surface area contributed by atoms with Gasteiger partial charge in [-0.1, -0.05) is 18.2 Å². The molecule has 0 atom stereocenters. The van der Waals surface area contributed by atoms with E-state index in [4.69, 9.17) is 0 Å². The van der Waals surface area contributed by atoms with Gasteiger partial charge in [0.15, 0.2) is 0 Å². The molecule has 3 nitrogen and oxygen atoms in total. The zero-order valence-corrected chi connectivity index (χ0v) is 11.9. The number of aromatic nitrogens is 1. The van der Waals surface area contributed by atoms with Crippen LogP contribution in [0.5, 0.6) is 0 Å². The van der Waals surface area contributed by atoms with Crippen LogP contribution in [0.1, 0.15) is 18.1 Å². The van der Waals surface area contributed by atoms with Crippen molar-refractivity contribution in [3.63, 3.8) is 0 Å². The van der Waals surface area contributed by atoms with E-state index >= 15 is 0 Å². The fourth-order valence-corrected chi connectivity index (χ4v) is 2.03. The molecule has 0 fully saturated rings. The molecule has 0 radical (unpaired) electrons. The first-order valence-electron chi connectivity index (χ1n) is 6.65. The Morgan fingerprint density at radius 3 is 2.68 bits per heavy atom. The first-order valence-corrected chi connectivity index (χ1v) is 6.65. The maximum absolute atomic E-state index is 4.39. The van der Waals surface area contributed by atoms with Gasteiger partial charge in [-0.15, -0.1) is 0 Å². The van der Waals surface area contributed by atoms with E-state index < -0.39 is 0 Å². The molecule has 0 unspecified atom stereocenters. The Balaban J connectivity index is 2.04. The number of nitrogens with zero attached hydrogens (tertiary/aromatic N) is 2. The van der Waals surface area contributed by atoms with Crippen molar-refractivity contribution in [2.24, 2.45) is 0 Å². The van der Waals surface area contributed by atoms with Gasteiger partial charge in [-0.3, -0.25) is 0 Å². The number of hydrogen-bond acceptors (Lipinski definition) is 3. The number of aryl methyl sites for hydroxylation is 1. The maximum atomic E-state index is 4.39. The number of benzene rings is 1. The molecule has 0 saturated carbocycles. The molecule has 2 rings (SSSR count). The van der Waals surface area contributed by atoms with E-state index in [0.717, 1.165) is 18.9 Å². The van der Waals surface area contributed by atoms with Crippen LogP contribution in [0.25, 0.3) is 0 Å². The van der Waals surface area contributed by atoms with Crippen LogP contribution in [0.15, 0.2) is 42.6 Å². The molecule has 19 heavy (non-hydrogen) atoms. The summed E-state index contributed by atoms with van der Waals surface area (Å²) in [6.07, 6.45) is 1.93. The Kier molecular flexibility index (Phi) is 4.39. The van der Waals surface area contributed by atoms with Crippen LogP contribution in [0.4, 0.5) is 11.5 Å². The van der Waals surface area contributed by atoms with E-state index in [9.17, 15) is 0 Å². The molecule has 0 amide bonds. The Morgan fingerprint density at radius 2 is 2.05 bits per heavy atom. The molecule has 0 aliphatic carbocycles. The molecular formula is C16H21N3. The van der Waals surface area contributed by atoms with E-state index in [1.165, 1.54) is 16.8 Å². The lowest BCUT2D eigenvalue weighted by Gasteiger charge is -2.19. The van der Waals surface area contributed by atoms with Gasteiger partial charge in [-0.05, 0) is 43.2 Å². The molecule has 1 aromatic carbocycles. The second-order valence-corrected chi connectivity index (χ2v) is 4.78. The third kappa shape index (κ3) is 3.71. The first kappa shape index (κ1) is 13.4. The quantitative estimate of drug-likeness (QED) is 0.887. The van der Waals surface area contributed by atoms with Gasteiger partial charge in [0.25, 0.3) is 0 Å². The standard InChI is InChI=1S/C16H21N3/c1-4-17-16-9-8-14(11-18-16)12-19(3)15-7-5-6-13(2)10-15/h5-11H,4,12H2,1-3H3,(H,17,18). The summed E-state index contributed by atoms with van der Waals surface area (Å²) in [4.78, 5) is 6.63. The molecule has 3 heteroatoms. The van der Waals surface area contributed by atoms with Gasteiger partial charge in [0.1, 0.15) is 5.82 Å². The molecule has 0 aliphatic rings. The minimum atomic E-state index is 0.864. The summed E-state index contributed by atoms with van der Waals surface area (Å²) in [6, 6.07) is 12.7. The second kappa shape index (κ2) is 6.23. The van der Waals surface area contributed by atoms with Crippen molar-refractivity contribution in [2.75, 3.05) is 23.8 Å². The summed E-state index contributed by atoms with van der Waals surface area (Å²) in [5.74, 6) is 0.935. The van der Waals surface area contributed by atoms with Crippen molar-refractivity contribution in [1.82, 2.24) is 4.98 Å². The molecule has 0 spiro atoms. The predicted molar refractivity (Wildman–Crippen MR) is 81.7 cm³/mol. The average Bonchev–Trinajstić information content (AvgIpc) is 2.41. The van der Waals surface area contributed by atoms with Gasteiger partial charge < -0.3 is 10.2 Å². The third-order valence-corrected chi connectivity index (χ3v) is 3.04. The molecule has 2 aromatic rings. The lowest BCUT2D eigenvalue weighted by atomic mass is 10.2. The largest absolute Gasteiger partial charge is 0.370 e. The van der Waals surface area contributed by atoms with Gasteiger partial charge in [0.05, 0.1) is 0 Å². The summed E-state index contributed by atoms with van der Waals surface area (Å²) < 4.78 is 0. The average molecular weight is 255 g/mol. The smallest absolute Gasteiger partial charge is 0.125 e. The summed E-state index contributed by atoms with van der Waals surface area (Å²) >= 11 is 0. The second-order valence-electron chi connectivity index (χ2n) is 4.78. The summed E-state index contributed by atoms with van der Waals surface area (Å²) in [6.45, 7) is 5.95. The normalized spacial score (nSPS) is 10.3. The van der Waals surface area contributed by atoms with Crippen LogP contribution in [0.2, 0.25) is 0 Å². The van der Waals surface area contributed by atoms with Crippen LogP contribution in [0, 0.1) is 6.92 Å². The van der Waals surface area contributed by atoms with Crippen molar-refractivity contribution in [1.29, 1.82) is 0 Å². The van der Waals surface area contributed by atoms with Gasteiger partial charge in [0, 0.05) is 32.0 Å². The lowest BCUT2D eigenvalue weighted by molar-refractivity contribution is 0.914. The van der Waals surface area contributed by atoms with Crippen molar-refractivity contribution < 1.29 is 0 Å². The van der Waals surface area contributed by atoms with Crippen LogP contribution in [0.3, 0.4) is 0 Å². The fourth-order valence-electron chi connectivity index (χ4n) is 2.03. The number of hydrogen-bond donors (Lipinski definition) is 1. The maximum Gasteiger partial charge on any atom is 0.125 e. The van der Waals surface area contributed by atoms with E-state index in [1.54, 1.807) is 0 Å². The highest BCUT2D eigenvalue weighted by Crippen LogP contribution is 2.17. The minimum Gasteiger partial charge on any atom is -0.370 e. The number of pyridine rings is 1. The summed E-state index contributed by atoms with van der Waals surface area (Å²) in [7, 11) is 2.10. The molecule has 100 valence electrons. The Labute approximate surface area is 115 Å². The Bertz CT molecular complexity index is 520. The van der Waals surface area contributed by atoms with E-state index in [-0.39, 0.29) is 0 Å². The molecule has 0 saturated heterocycles. The molecule has 1 aromatic heterocycles. The van der Waals surface area contributed by atoms with Crippen LogP contribution < -0.4 is 10.2 Å². The van der Waals surface area contributed by atoms with Gasteiger partial charge in [0.2, 0.25) is 0 Å². The summed E-state index contributed by atoms with van der Waals surface area (Å²) in [5.41, 5.74) is 3.73. The van der Waals surface area contributed by atoms with Gasteiger partial charge >= 0.3 is 0 Å². The van der Waals surface area contributed by atoms with Crippen molar-refractivity contribution in [2.45, 2.75) is 20.4 Å². The SMILES string of the molecule is CCNc1ccc(CN(C)c2cccc(C)c2)cn1. The topological polar surface area (TPSA) is 28.2 Å². The summed E-state index contributed by atoms with van der Waals surface area (Å²) in [5, 5.41) is 3.20. The first-order chi connectivity index (χ1) is 9.19. The van der Waals surface area contributed by atoms with Crippen molar-refractivity contribution in [3.8, 4) is 0 Å². The van der Waals surface area contributed by atoms with Crippen LogP contribution in [-0.2, 0) is 6.54 Å². The predicted octanol–water partition coefficient (Wildman–Crippen LogP) is 3.46. The highest BCUT2D eigenvalue weighted by atomic mass is 15.1. The van der Waals surface area contributed by atoms with Gasteiger partial charge in [-0.25, -0.2) is 4.98 Å². The van der Waals surface area contributed by atoms with E-state index in [0.29, 0.717) is 0 Å². The van der Waals surface area contributed by atoms with Crippen molar-refractivity contribution >= 4 is 11.5 Å². The molecule has 1 heterocycles. The lowest BCUT2D eigenvalue weighted by Crippen LogP contribution is -2.16. The zero-order valence-electron chi connectivity index (χ0n) is 11.9. The molecule has 0 aliphatic heterocycles. The monoisotopic (exact) mass is 255 g/mol. The van der Waals surface area contributed by atoms with Crippen LogP contribution >= 0.6 is 0 Å². The van der Waals surface area contributed by atoms with E-state index in [2.05, 4.69) is 66.4 Å². The Morgan fingerprint density at radius 1 is 1.21 bits per heavy atom. The van der Waals surface area contributed by atoms with Crippen LogP contribution in [-0.4, -0.2) is 18.6 Å². The molecular weight excluding hydrogens is 234 g/mol. The molecule has 0 bridgehead atoms. The third-order valence-electron chi connectivity index (χ3n) is 3.04. The van der Waals surface area contributed by atoms with E-state index in [1.807, 2.05) is 12.3 Å². The minimum absolute atomic E-state index is 0.864. The zero-order chi connectivity index (χ0) is 13.7. The molecule has 1 N–H and O–H groups in total. The fraction of sp³-hybridized carbons (Fsp3) is 0.312. The highest BCUT2D eigenvalue weighted by molar-refractivity contribution is 5.48. The number of rotatable bonds is 5. The number of anilines is 2. The van der Waals surface area contributed by atoms with Gasteiger partial charge in [-0.2, -0.15) is 0 Å². The number of nitrogens with one attached hydrogen (secondary N) is 1. The Hall–Kier alpha value is -2.03. The highest BCUT2D eigenvalue weighted by Gasteiger charge is 2.03.